The topological polar surface area (TPSA) is 137 Å². The van der Waals surface area contributed by atoms with E-state index in [0.29, 0.717) is 65.9 Å². The summed E-state index contributed by atoms with van der Waals surface area (Å²) in [6.07, 6.45) is 2.75. The number of thiazole rings is 1. The molecule has 2 N–H and O–H groups in total. The van der Waals surface area contributed by atoms with Gasteiger partial charge in [-0.2, -0.15) is 0 Å². The predicted molar refractivity (Wildman–Crippen MR) is 205 cm³/mol. The summed E-state index contributed by atoms with van der Waals surface area (Å²) in [6, 6.07) is 15.1. The van der Waals surface area contributed by atoms with Crippen LogP contribution in [0, 0.1) is 17.5 Å². The Bertz CT molecular complexity index is 2320. The number of hydrogen-bond donors (Lipinski definition) is 2. The van der Waals surface area contributed by atoms with E-state index >= 15 is 4.39 Å². The highest BCUT2D eigenvalue weighted by Crippen LogP contribution is 2.40. The van der Waals surface area contributed by atoms with Crippen molar-refractivity contribution in [3.8, 4) is 21.8 Å². The van der Waals surface area contributed by atoms with E-state index in [0.717, 1.165) is 23.2 Å². The van der Waals surface area contributed by atoms with E-state index in [4.69, 9.17) is 4.98 Å². The standard InChI is InChI=1S/C35H36F3N7O4S3.ClH/c1-22(2)34-42-32(23-8-10-25(36)29(20-23)43-52(48,49)31-7-5-4-6-26(31)37)33(50-34)28-12-13-39-35(41-28)40-24-9-11-30(27(38)21-24)45-16-14-44(15-17-45)18-19-51(3,46)47;/h4-13,20-22,43H,14-19H2,1-3H3,(H,39,40,41);1H. The van der Waals surface area contributed by atoms with E-state index in [-0.39, 0.29) is 35.7 Å². The van der Waals surface area contributed by atoms with Crippen molar-refractivity contribution in [1.29, 1.82) is 0 Å². The van der Waals surface area contributed by atoms with Gasteiger partial charge in [0, 0.05) is 62.3 Å². The largest absolute Gasteiger partial charge is 0.367 e. The smallest absolute Gasteiger partial charge is 0.264 e. The zero-order valence-corrected chi connectivity index (χ0v) is 32.2. The summed E-state index contributed by atoms with van der Waals surface area (Å²) >= 11 is 1.37. The number of nitrogens with zero attached hydrogens (tertiary/aromatic N) is 5. The van der Waals surface area contributed by atoms with Crippen LogP contribution in [0.2, 0.25) is 0 Å². The Morgan fingerprint density at radius 3 is 2.28 bits per heavy atom. The lowest BCUT2D eigenvalue weighted by atomic mass is 10.1. The number of piperazine rings is 1. The van der Waals surface area contributed by atoms with Crippen molar-refractivity contribution in [3.05, 3.63) is 95.4 Å². The third kappa shape index (κ3) is 9.64. The summed E-state index contributed by atoms with van der Waals surface area (Å²) < 4.78 is 95.8. The lowest BCUT2D eigenvalue weighted by Crippen LogP contribution is -2.47. The maximum atomic E-state index is 15.4. The summed E-state index contributed by atoms with van der Waals surface area (Å²) in [4.78, 5) is 17.8. The molecule has 2 aromatic heterocycles. The minimum absolute atomic E-state index is 0. The molecule has 0 amide bonds. The molecule has 0 radical (unpaired) electrons. The summed E-state index contributed by atoms with van der Waals surface area (Å²) in [5.74, 6) is -1.97. The molecule has 1 fully saturated rings. The van der Waals surface area contributed by atoms with Gasteiger partial charge in [0.1, 0.15) is 32.2 Å². The average molecular weight is 808 g/mol. The second-order valence-electron chi connectivity index (χ2n) is 12.6. The first-order chi connectivity index (χ1) is 24.7. The highest BCUT2D eigenvalue weighted by Gasteiger charge is 2.24. The SMILES string of the molecule is CC(C)c1nc(-c2ccc(F)c(NS(=O)(=O)c3ccccc3F)c2)c(-c2ccnc(Nc3ccc(N4CCN(CCS(C)(=O)=O)CC4)c(F)c3)n2)s1.Cl. The van der Waals surface area contributed by atoms with E-state index in [1.54, 1.807) is 18.2 Å². The molecule has 3 aromatic carbocycles. The molecule has 6 rings (SSSR count). The van der Waals surface area contributed by atoms with Crippen LogP contribution in [0.15, 0.2) is 77.8 Å². The van der Waals surface area contributed by atoms with Crippen LogP contribution in [-0.2, 0) is 19.9 Å². The molecule has 1 aliphatic heterocycles. The molecule has 3 heterocycles. The Morgan fingerprint density at radius 1 is 0.868 bits per heavy atom. The molecule has 0 atom stereocenters. The van der Waals surface area contributed by atoms with E-state index in [1.165, 1.54) is 54.1 Å². The predicted octanol–water partition coefficient (Wildman–Crippen LogP) is 6.94. The van der Waals surface area contributed by atoms with Crippen molar-refractivity contribution in [1.82, 2.24) is 19.9 Å². The van der Waals surface area contributed by atoms with E-state index in [2.05, 4.69) is 24.9 Å². The van der Waals surface area contributed by atoms with Crippen molar-refractivity contribution in [2.45, 2.75) is 24.7 Å². The van der Waals surface area contributed by atoms with Crippen molar-refractivity contribution >= 4 is 66.6 Å². The number of sulfone groups is 1. The number of anilines is 4. The number of aromatic nitrogens is 3. The molecule has 1 saturated heterocycles. The molecule has 0 bridgehead atoms. The van der Waals surface area contributed by atoms with Crippen molar-refractivity contribution in [2.75, 3.05) is 59.7 Å². The lowest BCUT2D eigenvalue weighted by Gasteiger charge is -2.36. The fourth-order valence-electron chi connectivity index (χ4n) is 5.59. The Labute approximate surface area is 316 Å². The first-order valence-electron chi connectivity index (χ1n) is 16.3. The number of rotatable bonds is 12. The second-order valence-corrected chi connectivity index (χ2v) is 17.6. The zero-order chi connectivity index (χ0) is 37.2. The minimum atomic E-state index is -4.45. The van der Waals surface area contributed by atoms with Crippen LogP contribution in [0.3, 0.4) is 0 Å². The maximum absolute atomic E-state index is 15.4. The summed E-state index contributed by atoms with van der Waals surface area (Å²) in [6.45, 7) is 6.74. The van der Waals surface area contributed by atoms with Crippen LogP contribution in [0.4, 0.5) is 36.2 Å². The first kappa shape index (κ1) is 39.9. The Balaban J connectivity index is 0.00000541. The summed E-state index contributed by atoms with van der Waals surface area (Å²) in [7, 11) is -7.51. The molecule has 0 aliphatic carbocycles. The van der Waals surface area contributed by atoms with Crippen LogP contribution in [0.25, 0.3) is 21.8 Å². The van der Waals surface area contributed by atoms with E-state index < -0.39 is 42.2 Å². The Kier molecular flexibility index (Phi) is 12.3. The fraction of sp³-hybridized carbons (Fsp3) is 0.286. The van der Waals surface area contributed by atoms with Gasteiger partial charge in [0.05, 0.1) is 38.4 Å². The van der Waals surface area contributed by atoms with Gasteiger partial charge < -0.3 is 10.2 Å². The molecular weight excluding hydrogens is 771 g/mol. The fourth-order valence-corrected chi connectivity index (χ4v) is 8.38. The molecule has 1 aliphatic rings. The highest BCUT2D eigenvalue weighted by molar-refractivity contribution is 7.92. The van der Waals surface area contributed by atoms with Gasteiger partial charge in [-0.1, -0.05) is 26.0 Å². The van der Waals surface area contributed by atoms with Crippen molar-refractivity contribution in [2.24, 2.45) is 0 Å². The number of nitrogens with one attached hydrogen (secondary N) is 2. The second kappa shape index (κ2) is 16.4. The quantitative estimate of drug-likeness (QED) is 0.136. The van der Waals surface area contributed by atoms with Gasteiger partial charge in [0.25, 0.3) is 10.0 Å². The number of benzene rings is 3. The van der Waals surface area contributed by atoms with E-state index in [9.17, 15) is 25.6 Å². The number of halogens is 4. The van der Waals surface area contributed by atoms with Crippen molar-refractivity contribution < 1.29 is 30.0 Å². The molecule has 18 heteroatoms. The van der Waals surface area contributed by atoms with Crippen LogP contribution >= 0.6 is 23.7 Å². The highest BCUT2D eigenvalue weighted by atomic mass is 35.5. The monoisotopic (exact) mass is 807 g/mol. The first-order valence-corrected chi connectivity index (χ1v) is 20.7. The molecule has 11 nitrogen and oxygen atoms in total. The van der Waals surface area contributed by atoms with Crippen LogP contribution in [0.5, 0.6) is 0 Å². The minimum Gasteiger partial charge on any atom is -0.367 e. The van der Waals surface area contributed by atoms with Crippen LogP contribution in [0.1, 0.15) is 24.8 Å². The molecule has 5 aromatic rings. The average Bonchev–Trinajstić information content (AvgIpc) is 3.55. The Hall–Kier alpha value is -4.29. The number of hydrogen-bond acceptors (Lipinski definition) is 11. The molecule has 0 saturated carbocycles. The molecule has 282 valence electrons. The van der Waals surface area contributed by atoms with Crippen LogP contribution < -0.4 is 14.9 Å². The van der Waals surface area contributed by atoms with Gasteiger partial charge in [-0.25, -0.2) is 45.0 Å². The van der Waals surface area contributed by atoms with Gasteiger partial charge in [-0.3, -0.25) is 9.62 Å². The van der Waals surface area contributed by atoms with Crippen LogP contribution in [-0.4, -0.2) is 81.4 Å². The van der Waals surface area contributed by atoms with Crippen molar-refractivity contribution in [3.63, 3.8) is 0 Å². The van der Waals surface area contributed by atoms with Gasteiger partial charge in [0.15, 0.2) is 0 Å². The summed E-state index contributed by atoms with van der Waals surface area (Å²) in [5.41, 5.74) is 1.77. The van der Waals surface area contributed by atoms with Gasteiger partial charge >= 0.3 is 0 Å². The van der Waals surface area contributed by atoms with E-state index in [1.807, 2.05) is 18.7 Å². The Morgan fingerprint density at radius 2 is 1.60 bits per heavy atom. The molecule has 53 heavy (non-hydrogen) atoms. The summed E-state index contributed by atoms with van der Waals surface area (Å²) in [5, 5.41) is 3.81. The number of sulfonamides is 1. The maximum Gasteiger partial charge on any atom is 0.264 e. The third-order valence-electron chi connectivity index (χ3n) is 8.33. The van der Waals surface area contributed by atoms with Gasteiger partial charge in [-0.15, -0.1) is 23.7 Å². The molecular formula is C35H37ClF3N7O4S3. The lowest BCUT2D eigenvalue weighted by molar-refractivity contribution is 0.271. The zero-order valence-electron chi connectivity index (χ0n) is 28.9. The van der Waals surface area contributed by atoms with Gasteiger partial charge in [0.2, 0.25) is 5.95 Å². The molecule has 0 spiro atoms. The molecule has 0 unspecified atom stereocenters. The normalized spacial score (nSPS) is 13.9. The van der Waals surface area contributed by atoms with Gasteiger partial charge in [-0.05, 0) is 54.6 Å². The third-order valence-corrected chi connectivity index (χ3v) is 12.0.